The van der Waals surface area contributed by atoms with Crippen molar-refractivity contribution in [2.45, 2.75) is 12.3 Å². The third kappa shape index (κ3) is 2.76. The Hall–Kier alpha value is -3.15. The van der Waals surface area contributed by atoms with E-state index < -0.39 is 0 Å². The van der Waals surface area contributed by atoms with Gasteiger partial charge in [0.1, 0.15) is 17.9 Å². The van der Waals surface area contributed by atoms with Crippen LogP contribution in [-0.4, -0.2) is 22.6 Å². The number of fused-ring (bicyclic) bond motifs is 1. The molecule has 25 heavy (non-hydrogen) atoms. The molecule has 1 amide bonds. The molecule has 2 aromatic carbocycles. The first-order valence-corrected chi connectivity index (χ1v) is 7.92. The Balaban J connectivity index is 1.82. The second-order valence-corrected chi connectivity index (χ2v) is 5.90. The summed E-state index contributed by atoms with van der Waals surface area (Å²) in [6, 6.07) is 13.9. The summed E-state index contributed by atoms with van der Waals surface area (Å²) in [5.74, 6) is 0.801. The summed E-state index contributed by atoms with van der Waals surface area (Å²) in [5, 5.41) is 2.81. The Morgan fingerprint density at radius 1 is 1.16 bits per heavy atom. The topological polar surface area (TPSA) is 56.1 Å². The van der Waals surface area contributed by atoms with Gasteiger partial charge in [0.15, 0.2) is 5.82 Å². The molecule has 1 N–H and O–H groups in total. The van der Waals surface area contributed by atoms with Crippen molar-refractivity contribution in [1.82, 2.24) is 9.55 Å². The Morgan fingerprint density at radius 2 is 1.88 bits per heavy atom. The minimum atomic E-state index is -0.294. The van der Waals surface area contributed by atoms with Crippen molar-refractivity contribution < 1.29 is 13.9 Å². The van der Waals surface area contributed by atoms with E-state index in [4.69, 9.17) is 4.74 Å². The molecule has 0 saturated heterocycles. The average Bonchev–Trinajstić information content (AvgIpc) is 3.05. The van der Waals surface area contributed by atoms with Crippen LogP contribution in [0.1, 0.15) is 23.6 Å². The molecular weight excluding hydrogens is 321 g/mol. The highest BCUT2D eigenvalue weighted by Gasteiger charge is 2.31. The zero-order chi connectivity index (χ0) is 17.4. The number of benzene rings is 2. The minimum Gasteiger partial charge on any atom is -0.497 e. The normalized spacial score (nSPS) is 16.2. The van der Waals surface area contributed by atoms with Crippen molar-refractivity contribution >= 4 is 11.7 Å². The van der Waals surface area contributed by atoms with E-state index in [1.165, 1.54) is 12.1 Å². The molecule has 1 aromatic heterocycles. The fourth-order valence-corrected chi connectivity index (χ4v) is 3.17. The fourth-order valence-electron chi connectivity index (χ4n) is 3.17. The molecule has 0 aliphatic carbocycles. The van der Waals surface area contributed by atoms with Crippen molar-refractivity contribution in [1.29, 1.82) is 0 Å². The van der Waals surface area contributed by atoms with Crippen LogP contribution in [0.5, 0.6) is 5.75 Å². The third-order valence-corrected chi connectivity index (χ3v) is 4.40. The molecule has 1 aliphatic rings. The van der Waals surface area contributed by atoms with Crippen LogP contribution in [0.25, 0.3) is 5.69 Å². The number of hydrogen-bond donors (Lipinski definition) is 1. The number of methoxy groups -OCH3 is 1. The van der Waals surface area contributed by atoms with Crippen molar-refractivity contribution in [3.8, 4) is 11.4 Å². The van der Waals surface area contributed by atoms with Gasteiger partial charge in [-0.15, -0.1) is 0 Å². The van der Waals surface area contributed by atoms with Crippen LogP contribution in [0.4, 0.5) is 10.2 Å². The molecule has 0 radical (unpaired) electrons. The zero-order valence-corrected chi connectivity index (χ0v) is 13.6. The number of rotatable bonds is 3. The highest BCUT2D eigenvalue weighted by atomic mass is 19.1. The lowest BCUT2D eigenvalue weighted by atomic mass is 9.89. The molecule has 0 saturated carbocycles. The number of amides is 1. The van der Waals surface area contributed by atoms with Crippen LogP contribution in [-0.2, 0) is 4.79 Å². The van der Waals surface area contributed by atoms with E-state index in [9.17, 15) is 9.18 Å². The van der Waals surface area contributed by atoms with E-state index in [0.29, 0.717) is 12.2 Å². The predicted molar refractivity (Wildman–Crippen MR) is 91.6 cm³/mol. The minimum absolute atomic E-state index is 0.0716. The SMILES string of the molecule is COc1ccc(C2CC(=O)Nc3ncn(-c4ccc(F)cc4)c32)cc1. The zero-order valence-electron chi connectivity index (χ0n) is 13.6. The Labute approximate surface area is 144 Å². The fraction of sp³-hybridized carbons (Fsp3) is 0.158. The summed E-state index contributed by atoms with van der Waals surface area (Å²) in [6.45, 7) is 0. The van der Waals surface area contributed by atoms with E-state index in [1.807, 2.05) is 28.8 Å². The molecule has 126 valence electrons. The second kappa shape index (κ2) is 6.05. The van der Waals surface area contributed by atoms with Gasteiger partial charge in [-0.2, -0.15) is 0 Å². The molecule has 4 rings (SSSR count). The van der Waals surface area contributed by atoms with Gasteiger partial charge in [0.2, 0.25) is 5.91 Å². The first-order valence-electron chi connectivity index (χ1n) is 7.92. The smallest absolute Gasteiger partial charge is 0.226 e. The van der Waals surface area contributed by atoms with Gasteiger partial charge in [-0.1, -0.05) is 12.1 Å². The molecular formula is C19H16FN3O2. The van der Waals surface area contributed by atoms with Gasteiger partial charge in [-0.05, 0) is 42.0 Å². The van der Waals surface area contributed by atoms with Crippen LogP contribution in [0.15, 0.2) is 54.9 Å². The van der Waals surface area contributed by atoms with Gasteiger partial charge in [0, 0.05) is 18.0 Å². The number of aromatic nitrogens is 2. The molecule has 6 heteroatoms. The van der Waals surface area contributed by atoms with Crippen molar-refractivity contribution in [2.24, 2.45) is 0 Å². The van der Waals surface area contributed by atoms with E-state index in [0.717, 1.165) is 22.7 Å². The number of halogens is 1. The molecule has 2 heterocycles. The van der Waals surface area contributed by atoms with E-state index in [2.05, 4.69) is 10.3 Å². The number of anilines is 1. The second-order valence-electron chi connectivity index (χ2n) is 5.90. The molecule has 5 nitrogen and oxygen atoms in total. The number of carbonyl (C=O) groups excluding carboxylic acids is 1. The van der Waals surface area contributed by atoms with Gasteiger partial charge >= 0.3 is 0 Å². The van der Waals surface area contributed by atoms with Gasteiger partial charge in [-0.3, -0.25) is 4.79 Å². The predicted octanol–water partition coefficient (Wildman–Crippen LogP) is 3.49. The Kier molecular flexibility index (Phi) is 3.72. The van der Waals surface area contributed by atoms with Gasteiger partial charge in [0.05, 0.1) is 12.8 Å². The summed E-state index contributed by atoms with van der Waals surface area (Å²) < 4.78 is 20.3. The number of nitrogens with one attached hydrogen (secondary N) is 1. The lowest BCUT2D eigenvalue weighted by Crippen LogP contribution is -2.25. The molecule has 1 aliphatic heterocycles. The maximum atomic E-state index is 13.2. The number of ether oxygens (including phenoxy) is 1. The summed E-state index contributed by atoms with van der Waals surface area (Å²) in [5.41, 5.74) is 2.68. The third-order valence-electron chi connectivity index (χ3n) is 4.40. The number of imidazole rings is 1. The molecule has 0 spiro atoms. The summed E-state index contributed by atoms with van der Waals surface area (Å²) in [6.07, 6.45) is 1.98. The van der Waals surface area contributed by atoms with Crippen LogP contribution >= 0.6 is 0 Å². The Morgan fingerprint density at radius 3 is 2.56 bits per heavy atom. The molecule has 1 unspecified atom stereocenters. The molecule has 0 bridgehead atoms. The number of nitrogens with zero attached hydrogens (tertiary/aromatic N) is 2. The number of carbonyl (C=O) groups is 1. The van der Waals surface area contributed by atoms with Gasteiger partial charge in [-0.25, -0.2) is 9.37 Å². The first kappa shape index (κ1) is 15.4. The van der Waals surface area contributed by atoms with Crippen LogP contribution in [0.2, 0.25) is 0 Å². The maximum Gasteiger partial charge on any atom is 0.226 e. The molecule has 3 aromatic rings. The van der Waals surface area contributed by atoms with E-state index >= 15 is 0 Å². The van der Waals surface area contributed by atoms with E-state index in [-0.39, 0.29) is 17.6 Å². The lowest BCUT2D eigenvalue weighted by Gasteiger charge is -2.25. The number of hydrogen-bond acceptors (Lipinski definition) is 3. The molecule has 1 atom stereocenters. The summed E-state index contributed by atoms with van der Waals surface area (Å²) >= 11 is 0. The standard InChI is InChI=1S/C19H16FN3O2/c1-25-15-8-2-12(3-9-15)16-10-17(24)22-19-18(16)23(11-21-19)14-6-4-13(20)5-7-14/h2-9,11,16H,10H2,1H3,(H,22,24). The lowest BCUT2D eigenvalue weighted by molar-refractivity contribution is -0.116. The highest BCUT2D eigenvalue weighted by molar-refractivity contribution is 5.94. The van der Waals surface area contributed by atoms with Crippen LogP contribution in [0, 0.1) is 5.82 Å². The van der Waals surface area contributed by atoms with Crippen molar-refractivity contribution in [3.05, 3.63) is 71.9 Å². The van der Waals surface area contributed by atoms with Crippen LogP contribution < -0.4 is 10.1 Å². The summed E-state index contributed by atoms with van der Waals surface area (Å²) in [7, 11) is 1.62. The monoisotopic (exact) mass is 337 g/mol. The van der Waals surface area contributed by atoms with Gasteiger partial charge in [0.25, 0.3) is 0 Å². The van der Waals surface area contributed by atoms with Crippen molar-refractivity contribution in [3.63, 3.8) is 0 Å². The van der Waals surface area contributed by atoms with Crippen molar-refractivity contribution in [2.75, 3.05) is 12.4 Å². The summed E-state index contributed by atoms with van der Waals surface area (Å²) in [4.78, 5) is 16.4. The first-order chi connectivity index (χ1) is 12.2. The Bertz CT molecular complexity index is 917. The largest absolute Gasteiger partial charge is 0.497 e. The van der Waals surface area contributed by atoms with Crippen LogP contribution in [0.3, 0.4) is 0 Å². The maximum absolute atomic E-state index is 13.2. The average molecular weight is 337 g/mol. The van der Waals surface area contributed by atoms with E-state index in [1.54, 1.807) is 25.6 Å². The quantitative estimate of drug-likeness (QED) is 0.796. The highest BCUT2D eigenvalue weighted by Crippen LogP contribution is 2.38. The molecule has 0 fully saturated rings. The van der Waals surface area contributed by atoms with Gasteiger partial charge < -0.3 is 14.6 Å².